The van der Waals surface area contributed by atoms with Gasteiger partial charge in [0.1, 0.15) is 0 Å². The fourth-order valence-electron chi connectivity index (χ4n) is 1.62. The number of nitrogens with one attached hydrogen (secondary N) is 1. The van der Waals surface area contributed by atoms with E-state index in [0.29, 0.717) is 16.9 Å². The fraction of sp³-hybridized carbons (Fsp3) is 0.667. The average Bonchev–Trinajstić information content (AvgIpc) is 2.31. The summed E-state index contributed by atoms with van der Waals surface area (Å²) < 4.78 is 0. The average molecular weight is 242 g/mol. The van der Waals surface area contributed by atoms with Gasteiger partial charge in [-0.3, -0.25) is 0 Å². The monoisotopic (exact) mass is 241 g/mol. The third kappa shape index (κ3) is 4.35. The molecule has 0 saturated carbocycles. The molecule has 0 saturated heterocycles. The highest BCUT2D eigenvalue weighted by Crippen LogP contribution is 2.17. The molecule has 1 heterocycles. The van der Waals surface area contributed by atoms with Crippen molar-refractivity contribution < 1.29 is 0 Å². The topological polar surface area (TPSA) is 37.8 Å². The molecule has 3 nitrogen and oxygen atoms in total. The molecule has 90 valence electrons. The van der Waals surface area contributed by atoms with E-state index in [-0.39, 0.29) is 0 Å². The van der Waals surface area contributed by atoms with E-state index in [4.69, 9.17) is 11.6 Å². The maximum atomic E-state index is 5.92. The van der Waals surface area contributed by atoms with Gasteiger partial charge < -0.3 is 5.32 Å². The van der Waals surface area contributed by atoms with Crippen LogP contribution in [0.2, 0.25) is 5.15 Å². The molecule has 4 heteroatoms. The van der Waals surface area contributed by atoms with Crippen LogP contribution < -0.4 is 5.32 Å². The van der Waals surface area contributed by atoms with Crippen molar-refractivity contribution in [2.75, 3.05) is 11.9 Å². The van der Waals surface area contributed by atoms with Crippen molar-refractivity contribution >= 4 is 17.4 Å². The first-order valence-corrected chi connectivity index (χ1v) is 6.36. The highest BCUT2D eigenvalue weighted by molar-refractivity contribution is 6.31. The summed E-state index contributed by atoms with van der Waals surface area (Å²) in [6.07, 6.45) is 8.24. The van der Waals surface area contributed by atoms with Gasteiger partial charge in [0.25, 0.3) is 0 Å². The first-order chi connectivity index (χ1) is 7.77. The van der Waals surface area contributed by atoms with Crippen LogP contribution in [0.15, 0.2) is 12.4 Å². The van der Waals surface area contributed by atoms with Crippen molar-refractivity contribution in [2.45, 2.75) is 39.5 Å². The van der Waals surface area contributed by atoms with Gasteiger partial charge in [-0.1, -0.05) is 44.7 Å². The van der Waals surface area contributed by atoms with Crippen molar-refractivity contribution in [3.63, 3.8) is 0 Å². The first-order valence-electron chi connectivity index (χ1n) is 5.98. The van der Waals surface area contributed by atoms with E-state index in [0.717, 1.165) is 6.54 Å². The van der Waals surface area contributed by atoms with Crippen LogP contribution >= 0.6 is 11.6 Å². The predicted molar refractivity (Wildman–Crippen MR) is 68.8 cm³/mol. The third-order valence-corrected chi connectivity index (χ3v) is 3.03. The summed E-state index contributed by atoms with van der Waals surface area (Å²) in [6, 6.07) is 0. The minimum absolute atomic E-state index is 0.452. The molecule has 0 unspecified atom stereocenters. The highest BCUT2D eigenvalue weighted by atomic mass is 35.5. The van der Waals surface area contributed by atoms with Crippen LogP contribution in [0.5, 0.6) is 0 Å². The molecule has 1 aromatic heterocycles. The number of unbranched alkanes of at least 4 members (excludes halogenated alkanes) is 1. The van der Waals surface area contributed by atoms with E-state index in [1.807, 2.05) is 0 Å². The van der Waals surface area contributed by atoms with Gasteiger partial charge in [0.2, 0.25) is 0 Å². The van der Waals surface area contributed by atoms with Crippen molar-refractivity contribution in [1.82, 2.24) is 9.97 Å². The van der Waals surface area contributed by atoms with Crippen LogP contribution in [0.3, 0.4) is 0 Å². The Kier molecular flexibility index (Phi) is 6.16. The molecule has 0 bridgehead atoms. The number of nitrogens with zero attached hydrogens (tertiary/aromatic N) is 2. The Morgan fingerprint density at radius 1 is 1.31 bits per heavy atom. The van der Waals surface area contributed by atoms with Gasteiger partial charge in [-0.05, 0) is 12.3 Å². The summed E-state index contributed by atoms with van der Waals surface area (Å²) in [7, 11) is 0. The summed E-state index contributed by atoms with van der Waals surface area (Å²) in [5.41, 5.74) is 0. The number of hydrogen-bond donors (Lipinski definition) is 1. The molecule has 0 amide bonds. The second-order valence-corrected chi connectivity index (χ2v) is 4.35. The van der Waals surface area contributed by atoms with E-state index in [1.54, 1.807) is 12.4 Å². The second kappa shape index (κ2) is 7.44. The zero-order chi connectivity index (χ0) is 11.8. The molecule has 1 N–H and O–H groups in total. The maximum Gasteiger partial charge on any atom is 0.171 e. The lowest BCUT2D eigenvalue weighted by Gasteiger charge is -2.15. The molecular weight excluding hydrogens is 222 g/mol. The Morgan fingerprint density at radius 2 is 2.06 bits per heavy atom. The molecule has 0 aliphatic rings. The zero-order valence-electron chi connectivity index (χ0n) is 10.0. The largest absolute Gasteiger partial charge is 0.367 e. The zero-order valence-corrected chi connectivity index (χ0v) is 10.8. The molecule has 0 aromatic carbocycles. The van der Waals surface area contributed by atoms with Gasteiger partial charge in [-0.2, -0.15) is 0 Å². The highest BCUT2D eigenvalue weighted by Gasteiger charge is 2.07. The van der Waals surface area contributed by atoms with Gasteiger partial charge in [0, 0.05) is 18.9 Å². The molecule has 0 radical (unpaired) electrons. The number of rotatable bonds is 7. The van der Waals surface area contributed by atoms with Crippen molar-refractivity contribution in [2.24, 2.45) is 5.92 Å². The molecule has 0 fully saturated rings. The van der Waals surface area contributed by atoms with Gasteiger partial charge in [0.15, 0.2) is 11.0 Å². The van der Waals surface area contributed by atoms with Crippen LogP contribution in [-0.4, -0.2) is 16.5 Å². The van der Waals surface area contributed by atoms with E-state index in [1.165, 1.54) is 25.7 Å². The maximum absolute atomic E-state index is 5.92. The van der Waals surface area contributed by atoms with Crippen LogP contribution in [0.25, 0.3) is 0 Å². The van der Waals surface area contributed by atoms with Crippen molar-refractivity contribution in [3.8, 4) is 0 Å². The summed E-state index contributed by atoms with van der Waals surface area (Å²) in [6.45, 7) is 5.37. The van der Waals surface area contributed by atoms with Gasteiger partial charge >= 0.3 is 0 Å². The number of aromatic nitrogens is 2. The Labute approximate surface area is 103 Å². The lowest BCUT2D eigenvalue weighted by molar-refractivity contribution is 0.472. The van der Waals surface area contributed by atoms with E-state index >= 15 is 0 Å². The minimum atomic E-state index is 0.452. The van der Waals surface area contributed by atoms with Crippen molar-refractivity contribution in [3.05, 3.63) is 17.5 Å². The third-order valence-electron chi connectivity index (χ3n) is 2.76. The van der Waals surface area contributed by atoms with E-state index in [9.17, 15) is 0 Å². The molecular formula is C12H20ClN3. The van der Waals surface area contributed by atoms with Crippen LogP contribution in [0.1, 0.15) is 39.5 Å². The fourth-order valence-corrected chi connectivity index (χ4v) is 1.80. The van der Waals surface area contributed by atoms with E-state index < -0.39 is 0 Å². The molecule has 0 spiro atoms. The Bertz CT molecular complexity index is 304. The molecule has 16 heavy (non-hydrogen) atoms. The number of hydrogen-bond acceptors (Lipinski definition) is 3. The van der Waals surface area contributed by atoms with Crippen LogP contribution in [0, 0.1) is 5.92 Å². The summed E-state index contributed by atoms with van der Waals surface area (Å²) >= 11 is 5.92. The molecule has 1 atom stereocenters. The van der Waals surface area contributed by atoms with Crippen molar-refractivity contribution in [1.29, 1.82) is 0 Å². The molecule has 1 rings (SSSR count). The number of anilines is 1. The Balaban J connectivity index is 2.40. The smallest absolute Gasteiger partial charge is 0.171 e. The summed E-state index contributed by atoms with van der Waals surface area (Å²) in [4.78, 5) is 8.14. The second-order valence-electron chi connectivity index (χ2n) is 3.99. The van der Waals surface area contributed by atoms with Gasteiger partial charge in [-0.25, -0.2) is 9.97 Å². The standard InChI is InChI=1S/C12H20ClN3/c1-3-5-6-10(4-2)9-16-12-11(13)14-7-8-15-12/h7-8,10H,3-6,9H2,1-2H3,(H,15,16)/t10-/m1/s1. The summed E-state index contributed by atoms with van der Waals surface area (Å²) in [5, 5.41) is 3.72. The lowest BCUT2D eigenvalue weighted by Crippen LogP contribution is -2.14. The van der Waals surface area contributed by atoms with Gasteiger partial charge in [-0.15, -0.1) is 0 Å². The number of halogens is 1. The Morgan fingerprint density at radius 3 is 2.69 bits per heavy atom. The quantitative estimate of drug-likeness (QED) is 0.790. The molecule has 1 aromatic rings. The Hall–Kier alpha value is -0.830. The normalized spacial score (nSPS) is 12.4. The first kappa shape index (κ1) is 13.2. The molecule has 0 aliphatic heterocycles. The SMILES string of the molecule is CCCC[C@@H](CC)CNc1nccnc1Cl. The molecule has 0 aliphatic carbocycles. The predicted octanol–water partition coefficient (Wildman–Crippen LogP) is 3.76. The minimum Gasteiger partial charge on any atom is -0.367 e. The summed E-state index contributed by atoms with van der Waals surface area (Å²) in [5.74, 6) is 1.39. The van der Waals surface area contributed by atoms with Crippen LogP contribution in [0.4, 0.5) is 5.82 Å². The van der Waals surface area contributed by atoms with Crippen LogP contribution in [-0.2, 0) is 0 Å². The van der Waals surface area contributed by atoms with Gasteiger partial charge in [0.05, 0.1) is 0 Å². The lowest BCUT2D eigenvalue weighted by atomic mass is 9.99. The van der Waals surface area contributed by atoms with E-state index in [2.05, 4.69) is 29.1 Å².